The zero-order chi connectivity index (χ0) is 25.7. The molecule has 1 amide bonds. The summed E-state index contributed by atoms with van der Waals surface area (Å²) in [6, 6.07) is 22.4. The average Bonchev–Trinajstić information content (AvgIpc) is 2.86. The maximum absolute atomic E-state index is 13.1. The van der Waals surface area contributed by atoms with Gasteiger partial charge in [-0.25, -0.2) is 0 Å². The Balaban J connectivity index is 1.58. The summed E-state index contributed by atoms with van der Waals surface area (Å²) in [5, 5.41) is 16.9. The number of nitriles is 1. The molecule has 0 bridgehead atoms. The van der Waals surface area contributed by atoms with Gasteiger partial charge in [0.15, 0.2) is 0 Å². The molecule has 0 saturated carbocycles. The van der Waals surface area contributed by atoms with Gasteiger partial charge in [-0.3, -0.25) is 4.79 Å². The summed E-state index contributed by atoms with van der Waals surface area (Å²) in [5.74, 6) is -0.235. The Morgan fingerprint density at radius 1 is 1.00 bits per heavy atom. The molecule has 0 aliphatic rings. The molecule has 1 heterocycles. The fraction of sp³-hybridized carbons (Fsp3) is 0.233. The standard InChI is InChI=1S/C28H25N4O.2CH3.Sn.H/c1-4-30-16-20-6-8-21(9-7-20)22-10-12-25-26(14-22)31-17-23(15-29)27(25)32-28(33)24-11-5-18(2)13-19(24)3;;;;/h5-14,17,30H,1,4,16H2,2-3H3,(H,31,32,33);2*1H3;;. The second-order valence-corrected chi connectivity index (χ2v) is 19.3. The van der Waals surface area contributed by atoms with Gasteiger partial charge in [-0.1, -0.05) is 17.7 Å². The average molecular weight is 583 g/mol. The summed E-state index contributed by atoms with van der Waals surface area (Å²) in [5.41, 5.74) is 7.56. The molecule has 0 aliphatic carbocycles. The first-order valence-electron chi connectivity index (χ1n) is 12.4. The fourth-order valence-electron chi connectivity index (χ4n) is 4.28. The molecule has 0 aliphatic heterocycles. The number of rotatable bonds is 8. The molecular weight excluding hydrogens is 551 g/mol. The second-order valence-electron chi connectivity index (χ2n) is 9.72. The molecule has 1 aromatic heterocycles. The number of hydrogen-bond donors (Lipinski definition) is 2. The summed E-state index contributed by atoms with van der Waals surface area (Å²) in [4.78, 5) is 22.5. The number of carbonyl (C=O) groups excluding carboxylic acids is 1. The first-order valence-corrected chi connectivity index (χ1v) is 21.3. The summed E-state index contributed by atoms with van der Waals surface area (Å²) in [6.07, 6.45) is 1.53. The Morgan fingerprint density at radius 2 is 1.75 bits per heavy atom. The SMILES string of the molecule is Cc1ccc(C(=O)Nc2c(C#N)cnc3cc(-c4ccc(CNC[CH2][SnH]([CH3])[CH3])cc4)ccc23)c(C)c1. The molecule has 0 unspecified atom stereocenters. The number of benzene rings is 3. The summed E-state index contributed by atoms with van der Waals surface area (Å²) in [7, 11) is 0. The van der Waals surface area contributed by atoms with Gasteiger partial charge in [0.2, 0.25) is 0 Å². The van der Waals surface area contributed by atoms with Crippen molar-refractivity contribution in [1.29, 1.82) is 5.26 Å². The van der Waals surface area contributed by atoms with Crippen molar-refractivity contribution in [2.45, 2.75) is 34.7 Å². The van der Waals surface area contributed by atoms with E-state index in [2.05, 4.69) is 55.8 Å². The number of anilines is 1. The predicted molar refractivity (Wildman–Crippen MR) is 151 cm³/mol. The Bertz CT molecular complexity index is 1440. The third-order valence-electron chi connectivity index (χ3n) is 6.37. The number of pyridine rings is 1. The number of amides is 1. The molecule has 4 aromatic rings. The van der Waals surface area contributed by atoms with Crippen LogP contribution in [0, 0.1) is 25.2 Å². The number of hydrogen-bond acceptors (Lipinski definition) is 4. The van der Waals surface area contributed by atoms with Crippen molar-refractivity contribution >= 4 is 42.3 Å². The van der Waals surface area contributed by atoms with Gasteiger partial charge in [0, 0.05) is 11.8 Å². The molecule has 36 heavy (non-hydrogen) atoms. The Kier molecular flexibility index (Phi) is 8.39. The van der Waals surface area contributed by atoms with Crippen molar-refractivity contribution in [1.82, 2.24) is 10.3 Å². The van der Waals surface area contributed by atoms with E-state index in [9.17, 15) is 10.1 Å². The van der Waals surface area contributed by atoms with E-state index in [0.29, 0.717) is 16.8 Å². The molecular formula is C30H32N4OSn. The van der Waals surface area contributed by atoms with Gasteiger partial charge >= 0.3 is 128 Å². The van der Waals surface area contributed by atoms with Crippen LogP contribution in [0.25, 0.3) is 22.0 Å². The first-order chi connectivity index (χ1) is 17.4. The smallest absolute Gasteiger partial charge is 0.0556 e. The van der Waals surface area contributed by atoms with Crippen LogP contribution in [0.1, 0.15) is 32.6 Å². The van der Waals surface area contributed by atoms with Crippen LogP contribution in [0.5, 0.6) is 0 Å². The van der Waals surface area contributed by atoms with E-state index >= 15 is 0 Å². The van der Waals surface area contributed by atoms with Crippen LogP contribution in [0.4, 0.5) is 5.69 Å². The third kappa shape index (κ3) is 6.12. The molecule has 2 N–H and O–H groups in total. The van der Waals surface area contributed by atoms with Crippen LogP contribution in [0.3, 0.4) is 0 Å². The molecule has 4 rings (SSSR count). The first kappa shape index (κ1) is 25.9. The molecule has 5 nitrogen and oxygen atoms in total. The minimum atomic E-state index is -1.13. The number of aryl methyl sites for hydroxylation is 2. The minimum absolute atomic E-state index is 0.235. The Labute approximate surface area is 220 Å². The fourth-order valence-corrected chi connectivity index (χ4v) is 6.51. The summed E-state index contributed by atoms with van der Waals surface area (Å²) < 4.78 is 1.38. The van der Waals surface area contributed by atoms with Gasteiger partial charge in [-0.15, -0.1) is 0 Å². The van der Waals surface area contributed by atoms with Crippen LogP contribution in [0.2, 0.25) is 14.3 Å². The van der Waals surface area contributed by atoms with Gasteiger partial charge in [0.1, 0.15) is 6.07 Å². The second kappa shape index (κ2) is 11.7. The molecule has 6 heteroatoms. The van der Waals surface area contributed by atoms with Crippen molar-refractivity contribution in [3.63, 3.8) is 0 Å². The van der Waals surface area contributed by atoms with E-state index in [1.807, 2.05) is 50.2 Å². The minimum Gasteiger partial charge on any atom is -0.0556 e. The Hall–Kier alpha value is -3.21. The van der Waals surface area contributed by atoms with Crippen molar-refractivity contribution in [3.8, 4) is 17.2 Å². The normalized spacial score (nSPS) is 11.0. The molecule has 0 fully saturated rings. The maximum atomic E-state index is 13.1. The molecule has 0 saturated heterocycles. The van der Waals surface area contributed by atoms with E-state index in [1.54, 1.807) is 0 Å². The molecule has 182 valence electrons. The quantitative estimate of drug-likeness (QED) is 0.191. The molecule has 3 aromatic carbocycles. The van der Waals surface area contributed by atoms with Gasteiger partial charge in [0.25, 0.3) is 5.91 Å². The van der Waals surface area contributed by atoms with E-state index in [1.165, 1.54) is 16.2 Å². The molecule has 0 spiro atoms. The topological polar surface area (TPSA) is 77.8 Å². The monoisotopic (exact) mass is 584 g/mol. The van der Waals surface area contributed by atoms with E-state index < -0.39 is 19.8 Å². The van der Waals surface area contributed by atoms with Crippen molar-refractivity contribution in [3.05, 3.63) is 94.7 Å². The Morgan fingerprint density at radius 3 is 2.44 bits per heavy atom. The number of nitrogens with one attached hydrogen (secondary N) is 2. The summed E-state index contributed by atoms with van der Waals surface area (Å²) in [6.45, 7) is 5.91. The van der Waals surface area contributed by atoms with Crippen LogP contribution in [0.15, 0.2) is 66.9 Å². The van der Waals surface area contributed by atoms with Crippen molar-refractivity contribution in [2.24, 2.45) is 0 Å². The van der Waals surface area contributed by atoms with Gasteiger partial charge < -0.3 is 5.32 Å². The van der Waals surface area contributed by atoms with Crippen LogP contribution in [-0.4, -0.2) is 37.2 Å². The van der Waals surface area contributed by atoms with Crippen LogP contribution < -0.4 is 10.6 Å². The molecule has 0 atom stereocenters. The van der Waals surface area contributed by atoms with Crippen molar-refractivity contribution in [2.75, 3.05) is 11.9 Å². The van der Waals surface area contributed by atoms with Gasteiger partial charge in [-0.2, -0.15) is 5.26 Å². The zero-order valence-electron chi connectivity index (χ0n) is 21.4. The van der Waals surface area contributed by atoms with Crippen LogP contribution in [-0.2, 0) is 6.54 Å². The number of carbonyl (C=O) groups is 1. The van der Waals surface area contributed by atoms with Crippen LogP contribution >= 0.6 is 0 Å². The van der Waals surface area contributed by atoms with Gasteiger partial charge in [-0.05, 0) is 25.5 Å². The number of nitrogens with zero attached hydrogens (tertiary/aromatic N) is 2. The van der Waals surface area contributed by atoms with Gasteiger partial charge in [0.05, 0.1) is 11.3 Å². The van der Waals surface area contributed by atoms with E-state index in [4.69, 9.17) is 0 Å². The summed E-state index contributed by atoms with van der Waals surface area (Å²) >= 11 is -1.13. The molecule has 0 radical (unpaired) electrons. The van der Waals surface area contributed by atoms with Crippen molar-refractivity contribution < 1.29 is 4.79 Å². The number of fused-ring (bicyclic) bond motifs is 1. The predicted octanol–water partition coefficient (Wildman–Crippen LogP) is 6.22. The number of aromatic nitrogens is 1. The van der Waals surface area contributed by atoms with E-state index in [0.717, 1.165) is 46.2 Å². The zero-order valence-corrected chi connectivity index (χ0v) is 24.6. The third-order valence-corrected chi connectivity index (χ3v) is 10.5. The van der Waals surface area contributed by atoms with E-state index in [-0.39, 0.29) is 5.91 Å².